The molecule has 0 bridgehead atoms. The van der Waals surface area contributed by atoms with E-state index in [1.54, 1.807) is 97.4 Å². The second kappa shape index (κ2) is 37.1. The largest absolute Gasteiger partial charge is 0.481 e. The van der Waals surface area contributed by atoms with Crippen molar-refractivity contribution in [1.82, 2.24) is 45.4 Å². The molecule has 0 saturated carbocycles. The van der Waals surface area contributed by atoms with Crippen LogP contribution < -0.4 is 45.9 Å². The zero-order valence-electron chi connectivity index (χ0n) is 53.9. The van der Waals surface area contributed by atoms with Crippen LogP contribution in [-0.2, 0) is 29.3 Å². The van der Waals surface area contributed by atoms with Gasteiger partial charge in [-0.05, 0) is 105 Å². The van der Waals surface area contributed by atoms with Crippen LogP contribution in [0.4, 0.5) is 17.1 Å². The lowest BCUT2D eigenvalue weighted by Crippen LogP contribution is -2.54. The number of benzene rings is 2. The second-order valence-electron chi connectivity index (χ2n) is 23.2. The predicted octanol–water partition coefficient (Wildman–Crippen LogP) is 11.4. The van der Waals surface area contributed by atoms with Crippen molar-refractivity contribution in [2.45, 2.75) is 88.1 Å². The Kier molecular flexibility index (Phi) is 29.9. The van der Waals surface area contributed by atoms with Crippen LogP contribution in [0.5, 0.6) is 11.8 Å². The summed E-state index contributed by atoms with van der Waals surface area (Å²) in [7, 11) is -4.03. The minimum Gasteiger partial charge on any atom is -0.481 e. The molecule has 4 fully saturated rings. The number of amides is 1. The number of nitrogens with one attached hydrogen (secondary N) is 4. The topological polar surface area (TPSA) is 295 Å². The number of sulfone groups is 2. The molecule has 0 radical (unpaired) electrons. The molecule has 2 aromatic carbocycles. The molecular weight excluding hydrogens is 1460 g/mol. The molecule has 23 nitrogen and oxygen atoms in total. The lowest BCUT2D eigenvalue weighted by atomic mass is 10.00. The van der Waals surface area contributed by atoms with Gasteiger partial charge in [-0.2, -0.15) is 0 Å². The fourth-order valence-electron chi connectivity index (χ4n) is 10.8. The lowest BCUT2D eigenvalue weighted by Gasteiger charge is -2.41. The number of carboxylic acids is 1. The monoisotopic (exact) mass is 1540 g/mol. The number of pyridine rings is 4. The number of carboxylic acid groups (broad SMARTS) is 1. The van der Waals surface area contributed by atoms with Gasteiger partial charge in [0, 0.05) is 114 Å². The molecule has 12 rings (SSSR count). The maximum Gasteiger partial charge on any atom is 0.304 e. The summed E-state index contributed by atoms with van der Waals surface area (Å²) in [6.45, 7) is 17.5. The number of fused-ring (bicyclic) bond motifs is 2. The zero-order chi connectivity index (χ0) is 69.7. The van der Waals surface area contributed by atoms with Crippen LogP contribution in [0.25, 0.3) is 20.4 Å². The number of piperazine rings is 2. The summed E-state index contributed by atoms with van der Waals surface area (Å²) < 4.78 is 61.5. The maximum absolute atomic E-state index is 12.9. The molecule has 0 spiro atoms. The van der Waals surface area contributed by atoms with E-state index >= 15 is 0 Å². The number of piperidine rings is 2. The van der Waals surface area contributed by atoms with E-state index in [2.05, 4.69) is 87.0 Å². The SMILES string of the molecule is COc1cc(Cl)c(Br)cn1.COc1cc(Cl)c(N2CCC[C@@H](C)C2)cn1.C[C@@H]1CCCNC1.C[C@H]1CN(c2c[nH]c(=O)cc2Cl)CCN1.C[C@H]1CN(c2c[nH]c(=O)cc2Cl)CCN1C(=O)CCS(=O)(=O)c1cccc2ncsc12.O=C(O)CCS(=O)(=O)c1cccc2ncsc12. The number of aliphatic carboxylic acids is 1. The van der Waals surface area contributed by atoms with Crippen LogP contribution in [0.15, 0.2) is 120 Å². The first kappa shape index (κ1) is 77.2. The van der Waals surface area contributed by atoms with Crippen LogP contribution in [0.1, 0.15) is 66.2 Å². The second-order valence-corrected chi connectivity index (χ2v) is 31.5. The Bertz CT molecular complexity index is 4240. The summed E-state index contributed by atoms with van der Waals surface area (Å²) in [4.78, 5) is 75.8. The molecular formula is C64H79BrCl4N12O11S4. The van der Waals surface area contributed by atoms with Crippen molar-refractivity contribution in [3.63, 3.8) is 0 Å². The van der Waals surface area contributed by atoms with Gasteiger partial charge in [-0.1, -0.05) is 72.4 Å². The highest BCUT2D eigenvalue weighted by atomic mass is 79.9. The van der Waals surface area contributed by atoms with Gasteiger partial charge in [0.15, 0.2) is 19.7 Å². The minimum absolute atomic E-state index is 0.0821. The minimum atomic E-state index is -3.61. The normalized spacial score (nSPS) is 17.9. The number of H-pyrrole nitrogens is 2. The van der Waals surface area contributed by atoms with E-state index < -0.39 is 32.1 Å². The number of hydrogen-bond acceptors (Lipinski definition) is 21. The summed E-state index contributed by atoms with van der Waals surface area (Å²) in [6.07, 6.45) is 11.5. The first-order valence-corrected chi connectivity index (χ1v) is 38.2. The smallest absolute Gasteiger partial charge is 0.304 e. The number of ether oxygens (including phenoxy) is 2. The van der Waals surface area contributed by atoms with Crippen LogP contribution in [0.2, 0.25) is 20.1 Å². The molecule has 1 amide bonds. The van der Waals surface area contributed by atoms with Crippen molar-refractivity contribution in [1.29, 1.82) is 0 Å². The quantitative estimate of drug-likeness (QED) is 0.0716. The molecule has 0 aliphatic carbocycles. The van der Waals surface area contributed by atoms with Crippen LogP contribution in [-0.4, -0.2) is 172 Å². The first-order chi connectivity index (χ1) is 45.8. The number of halogens is 5. The molecule has 4 aliphatic rings. The Hall–Kier alpha value is -6.18. The van der Waals surface area contributed by atoms with E-state index in [4.69, 9.17) is 61.0 Å². The molecule has 6 aromatic heterocycles. The molecule has 4 aliphatic heterocycles. The number of thiazole rings is 2. The number of aromatic nitrogens is 6. The van der Waals surface area contributed by atoms with Gasteiger partial charge < -0.3 is 54.8 Å². The van der Waals surface area contributed by atoms with Crippen LogP contribution in [0.3, 0.4) is 0 Å². The molecule has 32 heteroatoms. The van der Waals surface area contributed by atoms with Crippen LogP contribution >= 0.6 is 85.0 Å². The summed E-state index contributed by atoms with van der Waals surface area (Å²) >= 11 is 29.9. The molecule has 0 unspecified atom stereocenters. The Balaban J connectivity index is 0.000000173. The number of anilines is 3. The highest BCUT2D eigenvalue weighted by molar-refractivity contribution is 9.10. The number of aromatic amines is 2. The fraction of sp³-hybridized carbons (Fsp3) is 0.438. The number of carbonyl (C=O) groups excluding carboxylic acids is 1. The van der Waals surface area contributed by atoms with Gasteiger partial charge in [0.1, 0.15) is 0 Å². The highest BCUT2D eigenvalue weighted by Gasteiger charge is 2.31. The summed E-state index contributed by atoms with van der Waals surface area (Å²) in [5, 5.41) is 17.4. The summed E-state index contributed by atoms with van der Waals surface area (Å²) in [6, 6.07) is 16.3. The average Bonchev–Trinajstić information content (AvgIpc) is 1.67. The van der Waals surface area contributed by atoms with Gasteiger partial charge in [0.2, 0.25) is 28.8 Å². The predicted molar refractivity (Wildman–Crippen MR) is 389 cm³/mol. The van der Waals surface area contributed by atoms with Crippen molar-refractivity contribution in [2.75, 3.05) is 106 Å². The molecule has 5 N–H and O–H groups in total. The third kappa shape index (κ3) is 22.7. The van der Waals surface area contributed by atoms with Crippen LogP contribution in [0, 0.1) is 11.8 Å². The molecule has 10 heterocycles. The van der Waals surface area contributed by atoms with E-state index in [1.807, 2.05) is 11.8 Å². The molecule has 4 atom stereocenters. The van der Waals surface area contributed by atoms with Crippen molar-refractivity contribution in [3.05, 3.63) is 142 Å². The van der Waals surface area contributed by atoms with Crippen molar-refractivity contribution in [3.8, 4) is 11.8 Å². The van der Waals surface area contributed by atoms with Gasteiger partial charge in [0.25, 0.3) is 0 Å². The highest BCUT2D eigenvalue weighted by Crippen LogP contribution is 2.33. The molecule has 96 heavy (non-hydrogen) atoms. The van der Waals surface area contributed by atoms with Gasteiger partial charge in [-0.25, -0.2) is 36.8 Å². The van der Waals surface area contributed by atoms with E-state index in [-0.39, 0.29) is 50.8 Å². The van der Waals surface area contributed by atoms with E-state index in [0.29, 0.717) is 78.6 Å². The third-order valence-corrected chi connectivity index (χ3v) is 23.3. The molecule has 8 aromatic rings. The van der Waals surface area contributed by atoms with E-state index in [0.717, 1.165) is 65.4 Å². The fourth-order valence-corrected chi connectivity index (χ4v) is 17.1. The van der Waals surface area contributed by atoms with Gasteiger partial charge in [-0.3, -0.25) is 19.2 Å². The number of methoxy groups -OCH3 is 2. The Morgan fingerprint density at radius 2 is 1.17 bits per heavy atom. The average molecular weight is 1540 g/mol. The van der Waals surface area contributed by atoms with E-state index in [9.17, 15) is 36.0 Å². The number of hydrogen-bond donors (Lipinski definition) is 5. The van der Waals surface area contributed by atoms with Gasteiger partial charge in [0.05, 0.1) is 121 Å². The van der Waals surface area contributed by atoms with Crippen molar-refractivity contribution < 1.29 is 41.0 Å². The van der Waals surface area contributed by atoms with Crippen molar-refractivity contribution in [2.24, 2.45) is 11.8 Å². The number of rotatable bonds is 13. The Morgan fingerprint density at radius 1 is 0.635 bits per heavy atom. The zero-order valence-corrected chi connectivity index (χ0v) is 61.8. The van der Waals surface area contributed by atoms with Gasteiger partial charge >= 0.3 is 5.97 Å². The third-order valence-electron chi connectivity index (χ3n) is 15.7. The lowest BCUT2D eigenvalue weighted by molar-refractivity contribution is -0.136. The Morgan fingerprint density at radius 3 is 1.65 bits per heavy atom. The van der Waals surface area contributed by atoms with Crippen molar-refractivity contribution >= 4 is 154 Å². The van der Waals surface area contributed by atoms with Gasteiger partial charge in [-0.15, -0.1) is 22.7 Å². The standard InChI is InChI=1S/C20H21ClN4O4S2.C12H17ClN2O.C10H14ClN3O.C10H9NO4S2.C6H5BrClNO.C6H13N/c1-13-11-24(16-10-22-18(26)9-14(16)21)6-7-25(13)19(27)5-8-31(28,29)17-4-2-3-15-20(17)30-12-23-15;1-9-4-3-5-15(8-9)11-7-14-12(16-2)6-10(11)13;1-7-6-14(3-2-12-7)9-5-13-10(15)4-8(9)11;12-9(13)4-5-17(14,15)8-3-1-2-7-10(8)16-6-11-7;1-10-6-2-5(8)4(7)3-9-6;1-6-3-2-4-7-5-6/h2-4,9-10,12-13H,5-8,11H2,1H3,(H,22,26);6-7,9H,3-5,8H2,1-2H3;4-5,7,12H,2-3,6H2,1H3,(H,13,15);1-3,6H,4-5H2,(H,12,13);2-3H,1H3;6-7H,2-5H2,1H3/t13-;9-;7-;;;6-/m010..1/s1. The maximum atomic E-state index is 12.9. The number of carbonyl (C=O) groups is 2. The Labute approximate surface area is 595 Å². The summed E-state index contributed by atoms with van der Waals surface area (Å²) in [5.41, 5.74) is 6.65. The number of nitrogens with zero attached hydrogens (tertiary/aromatic N) is 8. The molecule has 4 saturated heterocycles. The van der Waals surface area contributed by atoms with E-state index in [1.165, 1.54) is 79.6 Å². The summed E-state index contributed by atoms with van der Waals surface area (Å²) in [5.74, 6) is 0.790. The molecule has 520 valence electrons. The first-order valence-electron chi connectivity index (χ1n) is 30.9.